The highest BCUT2D eigenvalue weighted by atomic mass is 35.5. The molecule has 1 heterocycles. The van der Waals surface area contributed by atoms with Gasteiger partial charge in [-0.2, -0.15) is 0 Å². The third-order valence-electron chi connectivity index (χ3n) is 4.11. The number of hydrogen-bond donors (Lipinski definition) is 2. The fourth-order valence-corrected chi connectivity index (χ4v) is 2.98. The monoisotopic (exact) mass is 386 g/mol. The summed E-state index contributed by atoms with van der Waals surface area (Å²) in [6.45, 7) is 8.91. The molecule has 0 aromatic heterocycles. The van der Waals surface area contributed by atoms with E-state index in [1.165, 1.54) is 12.8 Å². The molecule has 0 aliphatic carbocycles. The average Bonchev–Trinajstić information content (AvgIpc) is 3.11. The van der Waals surface area contributed by atoms with Gasteiger partial charge in [-0.3, -0.25) is 4.79 Å². The Balaban J connectivity index is 0.00000338. The van der Waals surface area contributed by atoms with Crippen LogP contribution in [-0.4, -0.2) is 44.9 Å². The lowest BCUT2D eigenvalue weighted by Gasteiger charge is -2.17. The van der Waals surface area contributed by atoms with Crippen LogP contribution >= 0.6 is 12.4 Å². The summed E-state index contributed by atoms with van der Waals surface area (Å²) in [5.74, 6) is 1.51. The molecule has 1 aromatic carbocycles. The van der Waals surface area contributed by atoms with Crippen LogP contribution in [0.15, 0.2) is 12.1 Å². The molecule has 1 aliphatic rings. The molecule has 26 heavy (non-hydrogen) atoms. The second-order valence-electron chi connectivity index (χ2n) is 5.94. The van der Waals surface area contributed by atoms with Crippen molar-refractivity contribution in [1.29, 1.82) is 0 Å². The van der Waals surface area contributed by atoms with Gasteiger partial charge >= 0.3 is 0 Å². The molecule has 1 saturated heterocycles. The van der Waals surface area contributed by atoms with E-state index in [1.54, 1.807) is 12.1 Å². The Labute approximate surface area is 162 Å². The summed E-state index contributed by atoms with van der Waals surface area (Å²) in [7, 11) is 0. The molecule has 6 nitrogen and oxygen atoms in total. The minimum absolute atomic E-state index is 0. The summed E-state index contributed by atoms with van der Waals surface area (Å²) in [5, 5.41) is 6.42. The minimum atomic E-state index is -0.122. The fraction of sp³-hybridized carbons (Fsp3) is 0.632. The van der Waals surface area contributed by atoms with Crippen molar-refractivity contribution in [3.05, 3.63) is 17.7 Å². The zero-order valence-electron chi connectivity index (χ0n) is 15.9. The summed E-state index contributed by atoms with van der Waals surface area (Å²) < 4.78 is 17.0. The van der Waals surface area contributed by atoms with Crippen molar-refractivity contribution in [2.75, 3.05) is 32.9 Å². The molecule has 1 aliphatic heterocycles. The van der Waals surface area contributed by atoms with Crippen molar-refractivity contribution in [1.82, 2.24) is 10.6 Å². The van der Waals surface area contributed by atoms with Gasteiger partial charge in [0.05, 0.1) is 19.8 Å². The molecule has 0 unspecified atom stereocenters. The lowest BCUT2D eigenvalue weighted by molar-refractivity contribution is 0.0951. The molecular weight excluding hydrogens is 356 g/mol. The van der Waals surface area contributed by atoms with E-state index in [2.05, 4.69) is 10.6 Å². The Bertz CT molecular complexity index is 535. The summed E-state index contributed by atoms with van der Waals surface area (Å²) in [6.07, 6.45) is 3.34. The third-order valence-corrected chi connectivity index (χ3v) is 4.11. The molecule has 7 heteroatoms. The number of carbonyl (C=O) groups is 1. The summed E-state index contributed by atoms with van der Waals surface area (Å²) in [6, 6.07) is 3.96. The first-order valence-corrected chi connectivity index (χ1v) is 9.27. The molecular formula is C19H31ClN2O4. The quantitative estimate of drug-likeness (QED) is 0.646. The topological polar surface area (TPSA) is 68.8 Å². The van der Waals surface area contributed by atoms with Gasteiger partial charge in [0.15, 0.2) is 11.5 Å². The van der Waals surface area contributed by atoms with Crippen LogP contribution in [0.4, 0.5) is 0 Å². The zero-order valence-corrected chi connectivity index (χ0v) is 16.7. The van der Waals surface area contributed by atoms with E-state index >= 15 is 0 Å². The number of amides is 1. The van der Waals surface area contributed by atoms with Crippen LogP contribution in [0.25, 0.3) is 0 Å². The highest BCUT2D eigenvalue weighted by Crippen LogP contribution is 2.39. The van der Waals surface area contributed by atoms with Crippen LogP contribution in [0.3, 0.4) is 0 Å². The second-order valence-corrected chi connectivity index (χ2v) is 5.94. The average molecular weight is 387 g/mol. The largest absolute Gasteiger partial charge is 0.490 e. The van der Waals surface area contributed by atoms with E-state index < -0.39 is 0 Å². The first-order valence-electron chi connectivity index (χ1n) is 9.27. The number of ether oxygens (including phenoxy) is 3. The van der Waals surface area contributed by atoms with E-state index in [0.717, 1.165) is 13.0 Å². The predicted octanol–water partition coefficient (Wildman–Crippen LogP) is 3.18. The number of hydrogen-bond acceptors (Lipinski definition) is 5. The van der Waals surface area contributed by atoms with Crippen LogP contribution in [0.1, 0.15) is 50.4 Å². The van der Waals surface area contributed by atoms with Gasteiger partial charge in [0.1, 0.15) is 0 Å². The SMILES string of the molecule is CCOc1cc(C(=O)NCC[C@H]2CCCN2)cc(OCC)c1OCC.Cl. The van der Waals surface area contributed by atoms with Crippen molar-refractivity contribution in [2.24, 2.45) is 0 Å². The molecule has 0 radical (unpaired) electrons. The second kappa shape index (κ2) is 11.9. The third kappa shape index (κ3) is 6.25. The zero-order chi connectivity index (χ0) is 18.1. The van der Waals surface area contributed by atoms with Crippen molar-refractivity contribution >= 4 is 18.3 Å². The van der Waals surface area contributed by atoms with E-state index in [1.807, 2.05) is 20.8 Å². The van der Waals surface area contributed by atoms with Crippen LogP contribution in [-0.2, 0) is 0 Å². The Morgan fingerprint density at radius 3 is 2.23 bits per heavy atom. The molecule has 1 fully saturated rings. The summed E-state index contributed by atoms with van der Waals surface area (Å²) in [5.41, 5.74) is 0.523. The molecule has 2 rings (SSSR count). The molecule has 0 bridgehead atoms. The standard InChI is InChI=1S/C19H30N2O4.ClH/c1-4-23-16-12-14(13-17(24-5-2)18(16)25-6-3)19(22)21-11-9-15-8-7-10-20-15;/h12-13,15,20H,4-11H2,1-3H3,(H,21,22);1H/t15-;/m1./s1. The highest BCUT2D eigenvalue weighted by Gasteiger charge is 2.19. The van der Waals surface area contributed by atoms with Gasteiger partial charge in [0.25, 0.3) is 5.91 Å². The molecule has 0 saturated carbocycles. The maximum Gasteiger partial charge on any atom is 0.251 e. The minimum Gasteiger partial charge on any atom is -0.490 e. The van der Waals surface area contributed by atoms with E-state index in [4.69, 9.17) is 14.2 Å². The molecule has 2 N–H and O–H groups in total. The lowest BCUT2D eigenvalue weighted by atomic mass is 10.1. The first kappa shape index (κ1) is 22.4. The Morgan fingerprint density at radius 2 is 1.73 bits per heavy atom. The van der Waals surface area contributed by atoms with Gasteiger partial charge in [0.2, 0.25) is 5.75 Å². The summed E-state index contributed by atoms with van der Waals surface area (Å²) in [4.78, 5) is 12.5. The predicted molar refractivity (Wildman–Crippen MR) is 105 cm³/mol. The molecule has 148 valence electrons. The van der Waals surface area contributed by atoms with E-state index in [-0.39, 0.29) is 18.3 Å². The lowest BCUT2D eigenvalue weighted by Crippen LogP contribution is -2.30. The molecule has 1 amide bonds. The van der Waals surface area contributed by atoms with E-state index in [0.29, 0.717) is 55.2 Å². The van der Waals surface area contributed by atoms with Crippen LogP contribution in [0, 0.1) is 0 Å². The van der Waals surface area contributed by atoms with Crippen LogP contribution in [0.5, 0.6) is 17.2 Å². The number of carbonyl (C=O) groups excluding carboxylic acids is 1. The van der Waals surface area contributed by atoms with Gasteiger partial charge in [-0.1, -0.05) is 0 Å². The van der Waals surface area contributed by atoms with Gasteiger partial charge in [-0.25, -0.2) is 0 Å². The van der Waals surface area contributed by atoms with Crippen LogP contribution < -0.4 is 24.8 Å². The first-order chi connectivity index (χ1) is 12.2. The number of benzene rings is 1. The number of halogens is 1. The summed E-state index contributed by atoms with van der Waals surface area (Å²) >= 11 is 0. The maximum atomic E-state index is 12.5. The van der Waals surface area contributed by atoms with Crippen molar-refractivity contribution in [3.8, 4) is 17.2 Å². The van der Waals surface area contributed by atoms with E-state index in [9.17, 15) is 4.79 Å². The van der Waals surface area contributed by atoms with Gasteiger partial charge in [-0.15, -0.1) is 12.4 Å². The molecule has 1 atom stereocenters. The number of rotatable bonds is 10. The van der Waals surface area contributed by atoms with Crippen molar-refractivity contribution in [3.63, 3.8) is 0 Å². The number of nitrogens with one attached hydrogen (secondary N) is 2. The normalized spacial score (nSPS) is 15.9. The van der Waals surface area contributed by atoms with Gasteiger partial charge < -0.3 is 24.8 Å². The Morgan fingerprint density at radius 1 is 1.12 bits per heavy atom. The molecule has 1 aromatic rings. The maximum absolute atomic E-state index is 12.5. The fourth-order valence-electron chi connectivity index (χ4n) is 2.98. The highest BCUT2D eigenvalue weighted by molar-refractivity contribution is 5.95. The Kier molecular flexibility index (Phi) is 10.2. The van der Waals surface area contributed by atoms with Gasteiger partial charge in [0, 0.05) is 18.2 Å². The van der Waals surface area contributed by atoms with Crippen molar-refractivity contribution in [2.45, 2.75) is 46.1 Å². The molecule has 0 spiro atoms. The van der Waals surface area contributed by atoms with Gasteiger partial charge in [-0.05, 0) is 58.7 Å². The van der Waals surface area contributed by atoms with Crippen molar-refractivity contribution < 1.29 is 19.0 Å². The Hall–Kier alpha value is -1.66. The smallest absolute Gasteiger partial charge is 0.251 e. The van der Waals surface area contributed by atoms with Crippen LogP contribution in [0.2, 0.25) is 0 Å².